The van der Waals surface area contributed by atoms with Crippen LogP contribution in [0.15, 0.2) is 22.7 Å². The first kappa shape index (κ1) is 11.2. The molecule has 1 atom stereocenters. The van der Waals surface area contributed by atoms with Crippen LogP contribution < -0.4 is 5.32 Å². The monoisotopic (exact) mass is 255 g/mol. The average Bonchev–Trinajstić information content (AvgIpc) is 2.16. The summed E-state index contributed by atoms with van der Waals surface area (Å²) in [4.78, 5) is 0. The quantitative estimate of drug-likeness (QED) is 0.820. The van der Waals surface area contributed by atoms with Crippen molar-refractivity contribution in [3.8, 4) is 12.3 Å². The van der Waals surface area contributed by atoms with Crippen LogP contribution in [0.4, 0.5) is 4.39 Å². The normalized spacial score (nSPS) is 12.1. The Morgan fingerprint density at radius 3 is 2.93 bits per heavy atom. The number of hydrogen-bond donors (Lipinski definition) is 1. The van der Waals surface area contributed by atoms with Gasteiger partial charge in [-0.3, -0.25) is 5.32 Å². The minimum atomic E-state index is -0.226. The van der Waals surface area contributed by atoms with Crippen LogP contribution in [-0.2, 0) is 6.54 Å². The third-order valence-electron chi connectivity index (χ3n) is 1.86. The Morgan fingerprint density at radius 2 is 2.36 bits per heavy atom. The molecule has 1 rings (SSSR count). The molecule has 1 unspecified atom stereocenters. The standard InChI is InChI=1S/C11H11BrFN/c1-3-8(2)14-7-9-4-5-10(12)6-11(9)13/h1,4-6,8,14H,7H2,2H3. The van der Waals surface area contributed by atoms with Crippen molar-refractivity contribution in [3.05, 3.63) is 34.1 Å². The minimum Gasteiger partial charge on any atom is -0.300 e. The van der Waals surface area contributed by atoms with Gasteiger partial charge in [0.15, 0.2) is 0 Å². The van der Waals surface area contributed by atoms with Crippen LogP contribution in [0.2, 0.25) is 0 Å². The van der Waals surface area contributed by atoms with E-state index < -0.39 is 0 Å². The predicted octanol–water partition coefficient (Wildman–Crippen LogP) is 2.70. The molecule has 3 heteroatoms. The maximum atomic E-state index is 13.3. The van der Waals surface area contributed by atoms with Gasteiger partial charge in [0.2, 0.25) is 0 Å². The Labute approximate surface area is 91.8 Å². The fraction of sp³-hybridized carbons (Fsp3) is 0.273. The molecule has 1 aromatic rings. The third kappa shape index (κ3) is 3.13. The second-order valence-electron chi connectivity index (χ2n) is 3.00. The van der Waals surface area contributed by atoms with Crippen molar-refractivity contribution in [2.24, 2.45) is 0 Å². The lowest BCUT2D eigenvalue weighted by atomic mass is 10.2. The molecule has 0 aliphatic carbocycles. The number of terminal acetylenes is 1. The lowest BCUT2D eigenvalue weighted by Gasteiger charge is -2.08. The zero-order valence-corrected chi connectivity index (χ0v) is 9.44. The molecule has 0 saturated heterocycles. The summed E-state index contributed by atoms with van der Waals surface area (Å²) in [5.41, 5.74) is 0.621. The second-order valence-corrected chi connectivity index (χ2v) is 3.92. The molecule has 0 bridgehead atoms. The van der Waals surface area contributed by atoms with Crippen molar-refractivity contribution in [1.29, 1.82) is 0 Å². The van der Waals surface area contributed by atoms with Crippen LogP contribution in [0.5, 0.6) is 0 Å². The highest BCUT2D eigenvalue weighted by atomic mass is 79.9. The molecule has 1 N–H and O–H groups in total. The molecule has 0 amide bonds. The van der Waals surface area contributed by atoms with E-state index in [1.165, 1.54) is 6.07 Å². The molecule has 0 aliphatic heterocycles. The van der Waals surface area contributed by atoms with Gasteiger partial charge in [-0.05, 0) is 19.1 Å². The van der Waals surface area contributed by atoms with Gasteiger partial charge in [-0.25, -0.2) is 4.39 Å². The summed E-state index contributed by atoms with van der Waals surface area (Å²) in [6.45, 7) is 2.31. The smallest absolute Gasteiger partial charge is 0.128 e. The molecule has 1 nitrogen and oxygen atoms in total. The summed E-state index contributed by atoms with van der Waals surface area (Å²) < 4.78 is 14.0. The van der Waals surface area contributed by atoms with Gasteiger partial charge in [0.1, 0.15) is 5.82 Å². The van der Waals surface area contributed by atoms with Gasteiger partial charge >= 0.3 is 0 Å². The van der Waals surface area contributed by atoms with E-state index in [-0.39, 0.29) is 11.9 Å². The van der Waals surface area contributed by atoms with Crippen molar-refractivity contribution in [1.82, 2.24) is 5.32 Å². The highest BCUT2D eigenvalue weighted by Crippen LogP contribution is 2.15. The molecule has 0 spiro atoms. The first-order chi connectivity index (χ1) is 6.63. The fourth-order valence-electron chi connectivity index (χ4n) is 0.987. The number of nitrogens with one attached hydrogen (secondary N) is 1. The van der Waals surface area contributed by atoms with Crippen LogP contribution in [-0.4, -0.2) is 6.04 Å². The first-order valence-electron chi connectivity index (χ1n) is 4.27. The zero-order valence-electron chi connectivity index (χ0n) is 7.85. The van der Waals surface area contributed by atoms with E-state index in [0.29, 0.717) is 12.1 Å². The van der Waals surface area contributed by atoms with E-state index >= 15 is 0 Å². The Balaban J connectivity index is 2.64. The molecule has 14 heavy (non-hydrogen) atoms. The Hall–Kier alpha value is -0.850. The van der Waals surface area contributed by atoms with E-state index in [2.05, 4.69) is 27.2 Å². The number of rotatable bonds is 3. The number of benzene rings is 1. The molecule has 0 heterocycles. The van der Waals surface area contributed by atoms with E-state index in [0.717, 1.165) is 4.47 Å². The Morgan fingerprint density at radius 1 is 1.64 bits per heavy atom. The summed E-state index contributed by atoms with van der Waals surface area (Å²) in [6, 6.07) is 4.94. The summed E-state index contributed by atoms with van der Waals surface area (Å²) in [5, 5.41) is 3.02. The summed E-state index contributed by atoms with van der Waals surface area (Å²) in [6.07, 6.45) is 5.18. The van der Waals surface area contributed by atoms with Gasteiger partial charge in [0.05, 0.1) is 6.04 Å². The Kier molecular flexibility index (Phi) is 4.12. The molecule has 74 valence electrons. The molecule has 0 saturated carbocycles. The summed E-state index contributed by atoms with van der Waals surface area (Å²) in [7, 11) is 0. The van der Waals surface area contributed by atoms with E-state index in [4.69, 9.17) is 6.42 Å². The van der Waals surface area contributed by atoms with Gasteiger partial charge in [-0.15, -0.1) is 6.42 Å². The fourth-order valence-corrected chi connectivity index (χ4v) is 1.32. The molecule has 0 fully saturated rings. The molecule has 0 radical (unpaired) electrons. The van der Waals surface area contributed by atoms with Gasteiger partial charge < -0.3 is 0 Å². The molecule has 0 aliphatic rings. The highest BCUT2D eigenvalue weighted by molar-refractivity contribution is 9.10. The number of hydrogen-bond acceptors (Lipinski definition) is 1. The van der Waals surface area contributed by atoms with Crippen LogP contribution in [0.1, 0.15) is 12.5 Å². The minimum absolute atomic E-state index is 0.0435. The van der Waals surface area contributed by atoms with Crippen molar-refractivity contribution in [2.75, 3.05) is 0 Å². The maximum absolute atomic E-state index is 13.3. The topological polar surface area (TPSA) is 12.0 Å². The van der Waals surface area contributed by atoms with Gasteiger partial charge in [0.25, 0.3) is 0 Å². The Bertz CT molecular complexity index is 357. The first-order valence-corrected chi connectivity index (χ1v) is 5.06. The lowest BCUT2D eigenvalue weighted by molar-refractivity contribution is 0.577. The van der Waals surface area contributed by atoms with Crippen LogP contribution in [0, 0.1) is 18.2 Å². The molecule has 1 aromatic carbocycles. The van der Waals surface area contributed by atoms with Crippen molar-refractivity contribution in [3.63, 3.8) is 0 Å². The predicted molar refractivity (Wildman–Crippen MR) is 59.2 cm³/mol. The SMILES string of the molecule is C#CC(C)NCc1ccc(Br)cc1F. The van der Waals surface area contributed by atoms with Gasteiger partial charge in [-0.1, -0.05) is 27.9 Å². The highest BCUT2D eigenvalue weighted by Gasteiger charge is 2.03. The molecular weight excluding hydrogens is 245 g/mol. The van der Waals surface area contributed by atoms with Crippen LogP contribution in [0.3, 0.4) is 0 Å². The van der Waals surface area contributed by atoms with Crippen molar-refractivity contribution < 1.29 is 4.39 Å². The second kappa shape index (κ2) is 5.14. The van der Waals surface area contributed by atoms with Crippen LogP contribution in [0.25, 0.3) is 0 Å². The maximum Gasteiger partial charge on any atom is 0.128 e. The third-order valence-corrected chi connectivity index (χ3v) is 2.36. The average molecular weight is 256 g/mol. The van der Waals surface area contributed by atoms with E-state index in [1.807, 2.05) is 6.92 Å². The van der Waals surface area contributed by atoms with Gasteiger partial charge in [0, 0.05) is 16.6 Å². The van der Waals surface area contributed by atoms with Gasteiger partial charge in [-0.2, -0.15) is 0 Å². The number of halogens is 2. The van der Waals surface area contributed by atoms with Crippen LogP contribution >= 0.6 is 15.9 Å². The lowest BCUT2D eigenvalue weighted by Crippen LogP contribution is -2.23. The zero-order chi connectivity index (χ0) is 10.6. The van der Waals surface area contributed by atoms with E-state index in [1.54, 1.807) is 12.1 Å². The van der Waals surface area contributed by atoms with Crippen molar-refractivity contribution in [2.45, 2.75) is 19.5 Å². The molecular formula is C11H11BrFN. The molecule has 0 aromatic heterocycles. The van der Waals surface area contributed by atoms with E-state index in [9.17, 15) is 4.39 Å². The summed E-state index contributed by atoms with van der Waals surface area (Å²) in [5.74, 6) is 2.30. The largest absolute Gasteiger partial charge is 0.300 e. The summed E-state index contributed by atoms with van der Waals surface area (Å²) >= 11 is 3.20. The van der Waals surface area contributed by atoms with Crippen molar-refractivity contribution >= 4 is 15.9 Å².